The maximum absolute atomic E-state index is 13.3. The number of hydrogen-bond donors (Lipinski definition) is 0. The Morgan fingerprint density at radius 2 is 1.92 bits per heavy atom. The van der Waals surface area contributed by atoms with Gasteiger partial charge in [-0.05, 0) is 55.9 Å². The molecule has 1 fully saturated rings. The van der Waals surface area contributed by atoms with Crippen LogP contribution in [0.2, 0.25) is 0 Å². The van der Waals surface area contributed by atoms with Gasteiger partial charge < -0.3 is 4.90 Å². The number of aryl methyl sites for hydroxylation is 1. The van der Waals surface area contributed by atoms with E-state index in [1.807, 2.05) is 6.92 Å². The van der Waals surface area contributed by atoms with Gasteiger partial charge in [-0.25, -0.2) is 18.7 Å². The van der Waals surface area contributed by atoms with Crippen molar-refractivity contribution in [1.82, 2.24) is 14.9 Å². The monoisotopic (exact) mass is 331 g/mol. The Bertz CT molecular complexity index is 743. The van der Waals surface area contributed by atoms with Crippen molar-refractivity contribution in [2.24, 2.45) is 5.92 Å². The number of piperidine rings is 1. The minimum absolute atomic E-state index is 0.0771. The molecule has 2 aromatic rings. The van der Waals surface area contributed by atoms with Crippen LogP contribution < -0.4 is 0 Å². The second-order valence-corrected chi connectivity index (χ2v) is 6.23. The number of aromatic nitrogens is 2. The number of rotatable bonds is 3. The maximum Gasteiger partial charge on any atom is 0.272 e. The molecule has 1 aromatic heterocycles. The van der Waals surface area contributed by atoms with Gasteiger partial charge in [0.25, 0.3) is 5.91 Å². The van der Waals surface area contributed by atoms with Crippen LogP contribution in [0.15, 0.2) is 30.6 Å². The molecule has 1 aliphatic rings. The Morgan fingerprint density at radius 1 is 1.17 bits per heavy atom. The number of carbonyl (C=O) groups is 1. The van der Waals surface area contributed by atoms with Crippen LogP contribution in [0.3, 0.4) is 0 Å². The summed E-state index contributed by atoms with van der Waals surface area (Å²) in [5.74, 6) is -1.34. The quantitative estimate of drug-likeness (QED) is 0.868. The summed E-state index contributed by atoms with van der Waals surface area (Å²) in [5.41, 5.74) is 1.98. The smallest absolute Gasteiger partial charge is 0.272 e. The molecule has 0 bridgehead atoms. The first-order valence-corrected chi connectivity index (χ1v) is 8.05. The Kier molecular flexibility index (Phi) is 4.83. The van der Waals surface area contributed by atoms with Crippen LogP contribution in [0.4, 0.5) is 8.78 Å². The van der Waals surface area contributed by atoms with E-state index >= 15 is 0 Å². The normalized spacial score (nSPS) is 15.5. The maximum atomic E-state index is 13.3. The van der Waals surface area contributed by atoms with Crippen LogP contribution in [0.5, 0.6) is 0 Å². The average Bonchev–Trinajstić information content (AvgIpc) is 2.58. The van der Waals surface area contributed by atoms with Gasteiger partial charge in [-0.1, -0.05) is 6.07 Å². The average molecular weight is 331 g/mol. The molecule has 2 heterocycles. The molecule has 1 saturated heterocycles. The van der Waals surface area contributed by atoms with Gasteiger partial charge in [0.05, 0.1) is 0 Å². The second kappa shape index (κ2) is 7.03. The van der Waals surface area contributed by atoms with E-state index in [9.17, 15) is 13.6 Å². The summed E-state index contributed by atoms with van der Waals surface area (Å²) in [6.45, 7) is 3.12. The van der Waals surface area contributed by atoms with E-state index in [0.717, 1.165) is 24.1 Å². The van der Waals surface area contributed by atoms with Crippen LogP contribution in [-0.4, -0.2) is 33.9 Å². The summed E-state index contributed by atoms with van der Waals surface area (Å²) >= 11 is 0. The van der Waals surface area contributed by atoms with E-state index in [1.54, 1.807) is 17.0 Å². The van der Waals surface area contributed by atoms with Gasteiger partial charge in [-0.15, -0.1) is 0 Å². The molecule has 0 aliphatic carbocycles. The number of hydrogen-bond acceptors (Lipinski definition) is 3. The Labute approximate surface area is 139 Å². The summed E-state index contributed by atoms with van der Waals surface area (Å²) in [6, 6.07) is 5.74. The molecule has 3 rings (SSSR count). The van der Waals surface area contributed by atoms with Crippen LogP contribution >= 0.6 is 0 Å². The van der Waals surface area contributed by atoms with Crippen molar-refractivity contribution in [3.05, 3.63) is 59.2 Å². The van der Waals surface area contributed by atoms with E-state index in [-0.39, 0.29) is 5.91 Å². The summed E-state index contributed by atoms with van der Waals surface area (Å²) < 4.78 is 26.3. The van der Waals surface area contributed by atoms with E-state index < -0.39 is 11.6 Å². The fourth-order valence-corrected chi connectivity index (χ4v) is 3.07. The minimum Gasteiger partial charge on any atom is -0.337 e. The third-order valence-corrected chi connectivity index (χ3v) is 4.43. The topological polar surface area (TPSA) is 46.1 Å². The van der Waals surface area contributed by atoms with Crippen molar-refractivity contribution in [2.75, 3.05) is 13.1 Å². The first-order valence-electron chi connectivity index (χ1n) is 8.05. The third-order valence-electron chi connectivity index (χ3n) is 4.43. The Hall–Kier alpha value is -2.37. The van der Waals surface area contributed by atoms with Crippen LogP contribution in [0.25, 0.3) is 0 Å². The van der Waals surface area contributed by atoms with E-state index in [4.69, 9.17) is 0 Å². The number of benzene rings is 1. The molecule has 0 spiro atoms. The Balaban J connectivity index is 1.57. The van der Waals surface area contributed by atoms with Gasteiger partial charge in [0.1, 0.15) is 12.0 Å². The van der Waals surface area contributed by atoms with E-state index in [2.05, 4.69) is 9.97 Å². The van der Waals surface area contributed by atoms with Crippen molar-refractivity contribution >= 4 is 5.91 Å². The van der Waals surface area contributed by atoms with Crippen molar-refractivity contribution < 1.29 is 13.6 Å². The van der Waals surface area contributed by atoms with Gasteiger partial charge in [0, 0.05) is 18.8 Å². The number of nitrogens with zero attached hydrogens (tertiary/aromatic N) is 3. The van der Waals surface area contributed by atoms with Crippen molar-refractivity contribution in [3.63, 3.8) is 0 Å². The molecular formula is C18H19F2N3O. The van der Waals surface area contributed by atoms with Crippen LogP contribution in [-0.2, 0) is 6.42 Å². The standard InChI is InChI=1S/C18H19F2N3O/c1-12-8-17(22-11-21-12)18(24)23-6-4-13(5-7-23)9-14-2-3-15(19)16(20)10-14/h2-3,8,10-11,13H,4-7,9H2,1H3. The summed E-state index contributed by atoms with van der Waals surface area (Å²) in [4.78, 5) is 22.3. The molecule has 126 valence electrons. The molecule has 0 saturated carbocycles. The zero-order valence-corrected chi connectivity index (χ0v) is 13.5. The third kappa shape index (κ3) is 3.75. The highest BCUT2D eigenvalue weighted by Gasteiger charge is 2.24. The summed E-state index contributed by atoms with van der Waals surface area (Å²) in [7, 11) is 0. The lowest BCUT2D eigenvalue weighted by atomic mass is 9.90. The molecule has 1 aliphatic heterocycles. The molecule has 1 aromatic carbocycles. The molecule has 6 heteroatoms. The predicted molar refractivity (Wildman–Crippen MR) is 85.5 cm³/mol. The number of carbonyl (C=O) groups excluding carboxylic acids is 1. The van der Waals surface area contributed by atoms with Crippen molar-refractivity contribution in [2.45, 2.75) is 26.2 Å². The first kappa shape index (κ1) is 16.5. The molecule has 4 nitrogen and oxygen atoms in total. The van der Waals surface area contributed by atoms with E-state index in [1.165, 1.54) is 18.5 Å². The number of likely N-dealkylation sites (tertiary alicyclic amines) is 1. The lowest BCUT2D eigenvalue weighted by Crippen LogP contribution is -2.39. The van der Waals surface area contributed by atoms with E-state index in [0.29, 0.717) is 31.1 Å². The first-order chi connectivity index (χ1) is 11.5. The number of halogens is 2. The largest absolute Gasteiger partial charge is 0.337 e. The molecule has 0 N–H and O–H groups in total. The number of amides is 1. The molecule has 0 atom stereocenters. The predicted octanol–water partition coefficient (Wildman–Crippen LogP) is 3.16. The highest BCUT2D eigenvalue weighted by molar-refractivity contribution is 5.92. The Morgan fingerprint density at radius 3 is 2.58 bits per heavy atom. The van der Waals surface area contributed by atoms with Gasteiger partial charge in [-0.2, -0.15) is 0 Å². The fourth-order valence-electron chi connectivity index (χ4n) is 3.07. The van der Waals surface area contributed by atoms with Gasteiger partial charge in [0.2, 0.25) is 0 Å². The zero-order chi connectivity index (χ0) is 17.1. The van der Waals surface area contributed by atoms with Crippen LogP contribution in [0.1, 0.15) is 34.6 Å². The minimum atomic E-state index is -0.820. The highest BCUT2D eigenvalue weighted by Crippen LogP contribution is 2.23. The highest BCUT2D eigenvalue weighted by atomic mass is 19.2. The molecule has 0 radical (unpaired) electrons. The molecular weight excluding hydrogens is 312 g/mol. The van der Waals surface area contributed by atoms with Crippen molar-refractivity contribution in [3.8, 4) is 0 Å². The van der Waals surface area contributed by atoms with Gasteiger partial charge in [-0.3, -0.25) is 4.79 Å². The van der Waals surface area contributed by atoms with Gasteiger partial charge in [0.15, 0.2) is 11.6 Å². The zero-order valence-electron chi connectivity index (χ0n) is 13.5. The van der Waals surface area contributed by atoms with Crippen LogP contribution in [0, 0.1) is 24.5 Å². The fraction of sp³-hybridized carbons (Fsp3) is 0.389. The molecule has 0 unspecified atom stereocenters. The van der Waals surface area contributed by atoms with Gasteiger partial charge >= 0.3 is 0 Å². The SMILES string of the molecule is Cc1cc(C(=O)N2CCC(Cc3ccc(F)c(F)c3)CC2)ncn1. The van der Waals surface area contributed by atoms with Crippen molar-refractivity contribution in [1.29, 1.82) is 0 Å². The molecule has 24 heavy (non-hydrogen) atoms. The summed E-state index contributed by atoms with van der Waals surface area (Å²) in [6.07, 6.45) is 3.79. The lowest BCUT2D eigenvalue weighted by molar-refractivity contribution is 0.0684. The second-order valence-electron chi connectivity index (χ2n) is 6.23. The summed E-state index contributed by atoms with van der Waals surface area (Å²) in [5, 5.41) is 0. The molecule has 1 amide bonds. The lowest BCUT2D eigenvalue weighted by Gasteiger charge is -2.32.